The van der Waals surface area contributed by atoms with E-state index in [4.69, 9.17) is 10.3 Å². The smallest absolute Gasteiger partial charge is 0.389 e. The van der Waals surface area contributed by atoms with Gasteiger partial charge in [0.25, 0.3) is 0 Å². The van der Waals surface area contributed by atoms with Gasteiger partial charge in [-0.3, -0.25) is 4.79 Å². The zero-order valence-corrected chi connectivity index (χ0v) is 8.39. The van der Waals surface area contributed by atoms with E-state index in [-0.39, 0.29) is 11.6 Å². The van der Waals surface area contributed by atoms with Gasteiger partial charge in [-0.2, -0.15) is 4.79 Å². The molecule has 0 atom stereocenters. The molecule has 5 nitrogen and oxygen atoms in total. The van der Waals surface area contributed by atoms with Crippen molar-refractivity contribution in [3.8, 4) is 5.75 Å². The van der Waals surface area contributed by atoms with Crippen LogP contribution in [0.3, 0.4) is 0 Å². The Balaban J connectivity index is 2.66. The van der Waals surface area contributed by atoms with Gasteiger partial charge in [-0.05, 0) is 12.1 Å². The molecule has 76 valence electrons. The summed E-state index contributed by atoms with van der Waals surface area (Å²) in [6.45, 7) is 0. The van der Waals surface area contributed by atoms with Gasteiger partial charge in [-0.15, -0.1) is 0 Å². The molecule has 1 amide bonds. The summed E-state index contributed by atoms with van der Waals surface area (Å²) in [7, 11) is 3.18. The molecule has 0 saturated carbocycles. The number of ether oxygens (including phenoxy) is 1. The highest BCUT2D eigenvalue weighted by Crippen LogP contribution is 2.30. The molecule has 1 heterocycles. The molecule has 5 heteroatoms. The molecule has 1 aliphatic rings. The summed E-state index contributed by atoms with van der Waals surface area (Å²) in [5.41, 5.74) is 10.1. The summed E-state index contributed by atoms with van der Waals surface area (Å²) in [5, 5.41) is 0. The number of anilines is 1. The highest BCUT2D eigenvalue weighted by molar-refractivity contribution is 6.52. The average Bonchev–Trinajstić information content (AvgIpc) is 2.51. The molecular weight excluding hydrogens is 194 g/mol. The van der Waals surface area contributed by atoms with Gasteiger partial charge in [-0.1, -0.05) is 0 Å². The number of amides is 1. The van der Waals surface area contributed by atoms with Gasteiger partial charge in [0.2, 0.25) is 0 Å². The number of rotatable bonds is 1. The largest absolute Gasteiger partial charge is 0.497 e. The SMILES string of the molecule is COc1ccc2c(c1)N(C)C(=O)C2=[N+]=[N-]. The molecule has 0 spiro atoms. The van der Waals surface area contributed by atoms with E-state index >= 15 is 0 Å². The minimum absolute atomic E-state index is 0.0650. The molecule has 0 aliphatic carbocycles. The number of likely N-dealkylation sites (N-methyl/N-ethyl adjacent to an activating group) is 1. The van der Waals surface area contributed by atoms with E-state index in [1.807, 2.05) is 0 Å². The van der Waals surface area contributed by atoms with Gasteiger partial charge in [0, 0.05) is 13.1 Å². The van der Waals surface area contributed by atoms with E-state index in [1.54, 1.807) is 32.4 Å². The van der Waals surface area contributed by atoms with Crippen LogP contribution in [0.15, 0.2) is 18.2 Å². The molecule has 0 unspecified atom stereocenters. The number of carbonyl (C=O) groups is 1. The summed E-state index contributed by atoms with van der Waals surface area (Å²) < 4.78 is 5.05. The Morgan fingerprint density at radius 1 is 1.47 bits per heavy atom. The van der Waals surface area contributed by atoms with Crippen molar-refractivity contribution < 1.29 is 14.3 Å². The van der Waals surface area contributed by atoms with Crippen LogP contribution in [0.1, 0.15) is 5.56 Å². The van der Waals surface area contributed by atoms with E-state index in [0.717, 1.165) is 0 Å². The van der Waals surface area contributed by atoms with E-state index in [2.05, 4.69) is 4.79 Å². The minimum atomic E-state index is -0.319. The van der Waals surface area contributed by atoms with Crippen LogP contribution in [-0.2, 0) is 4.79 Å². The maximum Gasteiger partial charge on any atom is 0.389 e. The van der Waals surface area contributed by atoms with Crippen LogP contribution in [0.2, 0.25) is 0 Å². The predicted molar refractivity (Wildman–Crippen MR) is 54.1 cm³/mol. The number of nitrogens with zero attached hydrogens (tertiary/aromatic N) is 3. The number of methoxy groups -OCH3 is 1. The summed E-state index contributed by atoms with van der Waals surface area (Å²) in [5.74, 6) is 0.341. The Morgan fingerprint density at radius 2 is 2.20 bits per heavy atom. The van der Waals surface area contributed by atoms with Crippen molar-refractivity contribution in [1.82, 2.24) is 0 Å². The highest BCUT2D eigenvalue weighted by Gasteiger charge is 2.38. The predicted octanol–water partition coefficient (Wildman–Crippen LogP) is 0.690. The maximum absolute atomic E-state index is 11.6. The summed E-state index contributed by atoms with van der Waals surface area (Å²) in [4.78, 5) is 16.0. The number of fused-ring (bicyclic) bond motifs is 1. The number of benzene rings is 1. The second-order valence-electron chi connectivity index (χ2n) is 3.20. The number of hydrogen-bond donors (Lipinski definition) is 0. The van der Waals surface area contributed by atoms with Crippen LogP contribution in [0.25, 0.3) is 5.53 Å². The van der Waals surface area contributed by atoms with Crippen molar-refractivity contribution in [2.75, 3.05) is 19.1 Å². The molecule has 0 bridgehead atoms. The van der Waals surface area contributed by atoms with Crippen LogP contribution in [0.5, 0.6) is 5.75 Å². The zero-order valence-electron chi connectivity index (χ0n) is 8.39. The van der Waals surface area contributed by atoms with Crippen molar-refractivity contribution in [3.05, 3.63) is 29.3 Å². The summed E-state index contributed by atoms with van der Waals surface area (Å²) in [6.07, 6.45) is 0. The molecule has 1 aromatic carbocycles. The molecule has 0 aromatic heterocycles. The van der Waals surface area contributed by atoms with Gasteiger partial charge in [-0.25, -0.2) is 0 Å². The monoisotopic (exact) mass is 203 g/mol. The Bertz CT molecular complexity index is 489. The minimum Gasteiger partial charge on any atom is -0.497 e. The first-order valence-electron chi connectivity index (χ1n) is 4.37. The molecule has 1 aromatic rings. The summed E-state index contributed by atoms with van der Waals surface area (Å²) >= 11 is 0. The lowest BCUT2D eigenvalue weighted by Gasteiger charge is -2.08. The normalized spacial score (nSPS) is 13.9. The van der Waals surface area contributed by atoms with Crippen LogP contribution in [0, 0.1) is 0 Å². The fourth-order valence-corrected chi connectivity index (χ4v) is 1.60. The topological polar surface area (TPSA) is 65.9 Å². The fraction of sp³-hybridized carbons (Fsp3) is 0.200. The first kappa shape index (κ1) is 9.43. The van der Waals surface area contributed by atoms with Crippen molar-refractivity contribution >= 4 is 17.3 Å². The lowest BCUT2D eigenvalue weighted by atomic mass is 10.1. The molecule has 1 aliphatic heterocycles. The van der Waals surface area contributed by atoms with E-state index < -0.39 is 0 Å². The van der Waals surface area contributed by atoms with Crippen LogP contribution in [-0.4, -0.2) is 30.6 Å². The number of hydrogen-bond acceptors (Lipinski definition) is 2. The Kier molecular flexibility index (Phi) is 2.02. The lowest BCUT2D eigenvalue weighted by Crippen LogP contribution is -2.25. The molecular formula is C10H9N3O2. The van der Waals surface area contributed by atoms with Crippen molar-refractivity contribution in [3.63, 3.8) is 0 Å². The first-order valence-corrected chi connectivity index (χ1v) is 4.37. The standard InChI is InChI=1S/C10H9N3O2/c1-13-8-5-6(15-2)3-4-7(8)9(12-11)10(13)14/h3-5H,1-2H3. The molecule has 15 heavy (non-hydrogen) atoms. The summed E-state index contributed by atoms with van der Waals surface area (Å²) in [6, 6.07) is 5.15. The van der Waals surface area contributed by atoms with Gasteiger partial charge < -0.3 is 15.2 Å². The second kappa shape index (κ2) is 3.22. The average molecular weight is 203 g/mol. The highest BCUT2D eigenvalue weighted by atomic mass is 16.5. The number of carbonyl (C=O) groups excluding carboxylic acids is 1. The third kappa shape index (κ3) is 1.21. The van der Waals surface area contributed by atoms with Gasteiger partial charge >= 0.3 is 11.6 Å². The molecule has 0 fully saturated rings. The van der Waals surface area contributed by atoms with Crippen molar-refractivity contribution in [2.45, 2.75) is 0 Å². The fourth-order valence-electron chi connectivity index (χ4n) is 1.60. The lowest BCUT2D eigenvalue weighted by molar-refractivity contribution is -0.115. The third-order valence-electron chi connectivity index (χ3n) is 2.43. The van der Waals surface area contributed by atoms with E-state index in [1.165, 1.54) is 4.90 Å². The molecule has 0 N–H and O–H groups in total. The van der Waals surface area contributed by atoms with E-state index in [0.29, 0.717) is 17.0 Å². The molecule has 0 saturated heterocycles. The van der Waals surface area contributed by atoms with Gasteiger partial charge in [0.15, 0.2) is 0 Å². The van der Waals surface area contributed by atoms with Gasteiger partial charge in [0.1, 0.15) is 5.75 Å². The van der Waals surface area contributed by atoms with Crippen LogP contribution in [0.4, 0.5) is 5.69 Å². The molecule has 2 rings (SSSR count). The van der Waals surface area contributed by atoms with Crippen molar-refractivity contribution in [2.24, 2.45) is 0 Å². The molecule has 0 radical (unpaired) electrons. The van der Waals surface area contributed by atoms with E-state index in [9.17, 15) is 4.79 Å². The van der Waals surface area contributed by atoms with Crippen LogP contribution < -0.4 is 9.64 Å². The third-order valence-corrected chi connectivity index (χ3v) is 2.43. The zero-order chi connectivity index (χ0) is 11.0. The first-order chi connectivity index (χ1) is 7.19. The van der Waals surface area contributed by atoms with Crippen LogP contribution >= 0.6 is 0 Å². The quantitative estimate of drug-likeness (QED) is 0.498. The Labute approximate surface area is 86.5 Å². The van der Waals surface area contributed by atoms with Gasteiger partial charge in [0.05, 0.1) is 18.4 Å². The van der Waals surface area contributed by atoms with Crippen molar-refractivity contribution in [1.29, 1.82) is 0 Å². The Hall–Kier alpha value is -2.13. The maximum atomic E-state index is 11.6. The second-order valence-corrected chi connectivity index (χ2v) is 3.20. The Morgan fingerprint density at radius 3 is 2.80 bits per heavy atom.